The zero-order valence-corrected chi connectivity index (χ0v) is 14.9. The fourth-order valence-electron chi connectivity index (χ4n) is 2.10. The molecular weight excluding hydrogens is 358 g/mol. The van der Waals surface area contributed by atoms with Crippen LogP contribution < -0.4 is 10.7 Å². The number of thiocarbonyl (C=S) groups is 1. The first-order chi connectivity index (χ1) is 12.2. The molecular formula is C16H15N5O2S2. The molecule has 3 aromatic rings. The van der Waals surface area contributed by atoms with E-state index < -0.39 is 5.97 Å². The topological polar surface area (TPSA) is 81.1 Å². The maximum Gasteiger partial charge on any atom is 0.341 e. The van der Waals surface area contributed by atoms with Crippen LogP contribution in [0.25, 0.3) is 10.4 Å². The molecule has 1 aromatic carbocycles. The summed E-state index contributed by atoms with van der Waals surface area (Å²) in [7, 11) is 0. The van der Waals surface area contributed by atoms with Crippen LogP contribution in [-0.2, 0) is 4.74 Å². The molecule has 0 aliphatic carbocycles. The van der Waals surface area contributed by atoms with Crippen molar-refractivity contribution in [2.75, 3.05) is 17.3 Å². The van der Waals surface area contributed by atoms with Crippen LogP contribution in [-0.4, -0.2) is 32.6 Å². The summed E-state index contributed by atoms with van der Waals surface area (Å²) in [6.07, 6.45) is 2.95. The molecule has 0 saturated heterocycles. The second-order valence-electron chi connectivity index (χ2n) is 4.88. The van der Waals surface area contributed by atoms with Crippen molar-refractivity contribution < 1.29 is 9.53 Å². The molecule has 0 aliphatic rings. The van der Waals surface area contributed by atoms with E-state index in [1.807, 2.05) is 36.4 Å². The van der Waals surface area contributed by atoms with Crippen LogP contribution in [0, 0.1) is 0 Å². The molecule has 0 atom stereocenters. The molecule has 9 heteroatoms. The zero-order valence-electron chi connectivity index (χ0n) is 13.3. The Morgan fingerprint density at radius 3 is 2.68 bits per heavy atom. The van der Waals surface area contributed by atoms with Gasteiger partial charge in [0.2, 0.25) is 0 Å². The van der Waals surface area contributed by atoms with Gasteiger partial charge in [-0.15, -0.1) is 21.5 Å². The Kier molecular flexibility index (Phi) is 5.36. The summed E-state index contributed by atoms with van der Waals surface area (Å²) in [6, 6.07) is 11.6. The zero-order chi connectivity index (χ0) is 17.6. The van der Waals surface area contributed by atoms with Gasteiger partial charge in [-0.05, 0) is 30.8 Å². The molecule has 0 spiro atoms. The lowest BCUT2D eigenvalue weighted by Crippen LogP contribution is -2.26. The molecule has 0 aliphatic heterocycles. The number of nitrogens with zero attached hydrogens (tertiary/aromatic N) is 3. The van der Waals surface area contributed by atoms with Crippen molar-refractivity contribution in [2.24, 2.45) is 0 Å². The van der Waals surface area contributed by atoms with Crippen molar-refractivity contribution in [1.82, 2.24) is 14.9 Å². The molecule has 0 bridgehead atoms. The lowest BCUT2D eigenvalue weighted by atomic mass is 10.1. The Hall–Kier alpha value is -2.78. The largest absolute Gasteiger partial charge is 0.462 e. The third kappa shape index (κ3) is 4.20. The van der Waals surface area contributed by atoms with Gasteiger partial charge in [0.15, 0.2) is 5.11 Å². The molecule has 2 N–H and O–H groups in total. The van der Waals surface area contributed by atoms with Crippen LogP contribution in [0.3, 0.4) is 0 Å². The second kappa shape index (κ2) is 7.86. The number of hydrogen-bond acceptors (Lipinski definition) is 6. The number of rotatable bonds is 5. The molecule has 2 aromatic heterocycles. The molecule has 0 fully saturated rings. The van der Waals surface area contributed by atoms with Crippen LogP contribution in [0.1, 0.15) is 17.3 Å². The molecule has 0 saturated carbocycles. The summed E-state index contributed by atoms with van der Waals surface area (Å²) in [6.45, 7) is 2.08. The fraction of sp³-hybridized carbons (Fsp3) is 0.125. The van der Waals surface area contributed by atoms with Crippen molar-refractivity contribution in [2.45, 2.75) is 6.92 Å². The third-order valence-electron chi connectivity index (χ3n) is 3.16. The number of ether oxygens (including phenoxy) is 1. The average molecular weight is 373 g/mol. The van der Waals surface area contributed by atoms with Gasteiger partial charge in [0.1, 0.15) is 17.7 Å². The highest BCUT2D eigenvalue weighted by Crippen LogP contribution is 2.35. The van der Waals surface area contributed by atoms with Crippen molar-refractivity contribution >= 4 is 39.6 Å². The molecule has 0 amide bonds. The van der Waals surface area contributed by atoms with Gasteiger partial charge >= 0.3 is 5.97 Å². The van der Waals surface area contributed by atoms with E-state index in [1.54, 1.807) is 6.92 Å². The van der Waals surface area contributed by atoms with Crippen molar-refractivity contribution in [3.05, 3.63) is 54.6 Å². The highest BCUT2D eigenvalue weighted by atomic mass is 32.1. The van der Waals surface area contributed by atoms with Crippen LogP contribution in [0.4, 0.5) is 5.00 Å². The molecule has 2 heterocycles. The van der Waals surface area contributed by atoms with Gasteiger partial charge in [-0.25, -0.2) is 9.47 Å². The van der Waals surface area contributed by atoms with E-state index in [-0.39, 0.29) is 0 Å². The average Bonchev–Trinajstić information content (AvgIpc) is 3.26. The SMILES string of the molecule is CCOC(=O)c1cc(-c2ccccc2)sc1NC(=S)Nn1cnnc1. The summed E-state index contributed by atoms with van der Waals surface area (Å²) in [5.74, 6) is -0.393. The fourth-order valence-corrected chi connectivity index (χ4v) is 3.42. The van der Waals surface area contributed by atoms with Crippen LogP contribution in [0.2, 0.25) is 0 Å². The van der Waals surface area contributed by atoms with Crippen LogP contribution in [0.15, 0.2) is 49.1 Å². The smallest absolute Gasteiger partial charge is 0.341 e. The number of hydrogen-bond donors (Lipinski definition) is 2. The van der Waals surface area contributed by atoms with Crippen molar-refractivity contribution in [3.63, 3.8) is 0 Å². The van der Waals surface area contributed by atoms with E-state index in [1.165, 1.54) is 28.7 Å². The van der Waals surface area contributed by atoms with E-state index in [0.717, 1.165) is 10.4 Å². The lowest BCUT2D eigenvalue weighted by molar-refractivity contribution is 0.0528. The predicted molar refractivity (Wildman–Crippen MR) is 101 cm³/mol. The summed E-state index contributed by atoms with van der Waals surface area (Å²) in [5.41, 5.74) is 4.34. The Morgan fingerprint density at radius 2 is 2.00 bits per heavy atom. The minimum atomic E-state index is -0.393. The second-order valence-corrected chi connectivity index (χ2v) is 6.34. The monoisotopic (exact) mass is 373 g/mol. The minimum absolute atomic E-state index is 0.304. The lowest BCUT2D eigenvalue weighted by Gasteiger charge is -2.10. The van der Waals surface area contributed by atoms with Gasteiger partial charge in [0.05, 0.1) is 12.2 Å². The van der Waals surface area contributed by atoms with Gasteiger partial charge in [-0.2, -0.15) is 0 Å². The van der Waals surface area contributed by atoms with Gasteiger partial charge < -0.3 is 10.1 Å². The first-order valence-corrected chi connectivity index (χ1v) is 8.69. The Morgan fingerprint density at radius 1 is 1.28 bits per heavy atom. The normalized spacial score (nSPS) is 10.3. The molecule has 128 valence electrons. The number of esters is 1. The number of carbonyl (C=O) groups excluding carboxylic acids is 1. The van der Waals surface area contributed by atoms with Gasteiger partial charge in [0, 0.05) is 4.88 Å². The number of benzene rings is 1. The quantitative estimate of drug-likeness (QED) is 0.525. The Bertz CT molecular complexity index is 862. The minimum Gasteiger partial charge on any atom is -0.462 e. The van der Waals surface area contributed by atoms with Crippen molar-refractivity contribution in [3.8, 4) is 10.4 Å². The van der Waals surface area contributed by atoms with E-state index in [9.17, 15) is 4.79 Å². The van der Waals surface area contributed by atoms with Gasteiger partial charge in [-0.3, -0.25) is 5.43 Å². The number of anilines is 1. The highest BCUT2D eigenvalue weighted by Gasteiger charge is 2.19. The number of thiophene rings is 1. The Balaban J connectivity index is 1.86. The predicted octanol–water partition coefficient (Wildman–Crippen LogP) is 3.12. The maximum absolute atomic E-state index is 12.3. The summed E-state index contributed by atoms with van der Waals surface area (Å²) in [4.78, 5) is 13.2. The molecule has 7 nitrogen and oxygen atoms in total. The van der Waals surface area contributed by atoms with Crippen molar-refractivity contribution in [1.29, 1.82) is 0 Å². The van der Waals surface area contributed by atoms with Crippen LogP contribution >= 0.6 is 23.6 Å². The third-order valence-corrected chi connectivity index (χ3v) is 4.46. The van der Waals surface area contributed by atoms with Crippen LogP contribution in [0.5, 0.6) is 0 Å². The van der Waals surface area contributed by atoms with Gasteiger partial charge in [-0.1, -0.05) is 30.3 Å². The Labute approximate surface area is 153 Å². The first-order valence-electron chi connectivity index (χ1n) is 7.46. The van der Waals surface area contributed by atoms with Gasteiger partial charge in [0.25, 0.3) is 0 Å². The number of aromatic nitrogens is 3. The molecule has 3 rings (SSSR count). The number of carbonyl (C=O) groups is 1. The highest BCUT2D eigenvalue weighted by molar-refractivity contribution is 7.80. The summed E-state index contributed by atoms with van der Waals surface area (Å²) in [5, 5.41) is 11.3. The van der Waals surface area contributed by atoms with E-state index in [2.05, 4.69) is 20.9 Å². The summed E-state index contributed by atoms with van der Waals surface area (Å²) < 4.78 is 6.65. The number of nitrogens with one attached hydrogen (secondary N) is 2. The summed E-state index contributed by atoms with van der Waals surface area (Å²) >= 11 is 6.70. The molecule has 0 unspecified atom stereocenters. The molecule has 25 heavy (non-hydrogen) atoms. The standard InChI is InChI=1S/C16H15N5O2S2/c1-2-23-15(22)12-8-13(11-6-4-3-5-7-11)25-14(12)19-16(24)20-21-9-17-18-10-21/h3-10H,2H2,1H3,(H2,19,20,24). The first kappa shape index (κ1) is 17.1. The molecule has 0 radical (unpaired) electrons. The van der Waals surface area contributed by atoms with E-state index in [4.69, 9.17) is 17.0 Å². The van der Waals surface area contributed by atoms with E-state index >= 15 is 0 Å². The maximum atomic E-state index is 12.3. The van der Waals surface area contributed by atoms with E-state index in [0.29, 0.717) is 22.3 Å².